The second-order valence-corrected chi connectivity index (χ2v) is 5.83. The van der Waals surface area contributed by atoms with E-state index in [9.17, 15) is 13.2 Å². The van der Waals surface area contributed by atoms with Crippen LogP contribution in [0.5, 0.6) is 5.88 Å². The molecule has 0 amide bonds. The molecule has 0 saturated carbocycles. The number of alkyl halides is 3. The molecule has 1 unspecified atom stereocenters. The smallest absolute Gasteiger partial charge is 0.417 e. The molecule has 0 aliphatic carbocycles. The Morgan fingerprint density at radius 3 is 2.72 bits per heavy atom. The molecular weight excluding hydrogens is 359 g/mol. The van der Waals surface area contributed by atoms with Crippen molar-refractivity contribution < 1.29 is 17.9 Å². The predicted octanol–water partition coefficient (Wildman–Crippen LogP) is 3.24. The van der Waals surface area contributed by atoms with E-state index in [0.717, 1.165) is 12.3 Å². The molecule has 25 heavy (non-hydrogen) atoms. The number of anilines is 2. The molecule has 1 aliphatic heterocycles. The van der Waals surface area contributed by atoms with E-state index in [1.165, 1.54) is 12.4 Å². The number of aromatic nitrogens is 3. The molecule has 1 aliphatic rings. The van der Waals surface area contributed by atoms with E-state index >= 15 is 0 Å². The number of nitrogens with one attached hydrogen (secondary N) is 1. The van der Waals surface area contributed by atoms with Gasteiger partial charge in [-0.3, -0.25) is 0 Å². The maximum atomic E-state index is 12.6. The van der Waals surface area contributed by atoms with Crippen LogP contribution in [0.2, 0.25) is 5.15 Å². The summed E-state index contributed by atoms with van der Waals surface area (Å²) in [6.45, 7) is 1.19. The highest BCUT2D eigenvalue weighted by atomic mass is 35.5. The van der Waals surface area contributed by atoms with Crippen molar-refractivity contribution in [3.05, 3.63) is 35.4 Å². The Morgan fingerprint density at radius 1 is 1.28 bits per heavy atom. The van der Waals surface area contributed by atoms with Crippen LogP contribution in [-0.2, 0) is 6.18 Å². The summed E-state index contributed by atoms with van der Waals surface area (Å²) in [5.74, 6) is 0.823. The Bertz CT molecular complexity index is 741. The first-order valence-corrected chi connectivity index (χ1v) is 7.89. The lowest BCUT2D eigenvalue weighted by atomic mass is 10.3. The minimum Gasteiger partial charge on any atom is -0.472 e. The van der Waals surface area contributed by atoms with E-state index in [1.54, 1.807) is 7.05 Å². The fourth-order valence-electron chi connectivity index (χ4n) is 2.62. The van der Waals surface area contributed by atoms with Crippen LogP contribution < -0.4 is 15.0 Å². The summed E-state index contributed by atoms with van der Waals surface area (Å²) >= 11 is 6.05. The van der Waals surface area contributed by atoms with Gasteiger partial charge in [0.25, 0.3) is 0 Å². The summed E-state index contributed by atoms with van der Waals surface area (Å²) < 4.78 is 43.3. The van der Waals surface area contributed by atoms with Crippen molar-refractivity contribution in [3.8, 4) is 5.88 Å². The van der Waals surface area contributed by atoms with Crippen LogP contribution in [0.1, 0.15) is 12.0 Å². The summed E-state index contributed by atoms with van der Waals surface area (Å²) in [6.07, 6.45) is -1.78. The van der Waals surface area contributed by atoms with Gasteiger partial charge in [0.15, 0.2) is 11.0 Å². The van der Waals surface area contributed by atoms with E-state index in [4.69, 9.17) is 16.3 Å². The van der Waals surface area contributed by atoms with Crippen molar-refractivity contribution in [3.63, 3.8) is 0 Å². The van der Waals surface area contributed by atoms with Gasteiger partial charge in [-0.05, 0) is 6.07 Å². The number of rotatable bonds is 4. The molecule has 6 nitrogen and oxygen atoms in total. The SMILES string of the molecule is CNc1c(Cl)ncnc1N1CCC(Oc2ccc(C(F)(F)F)cn2)C1. The average Bonchev–Trinajstić information content (AvgIpc) is 3.02. The molecule has 10 heteroatoms. The van der Waals surface area contributed by atoms with Crippen molar-refractivity contribution in [1.82, 2.24) is 15.0 Å². The third-order valence-electron chi connectivity index (χ3n) is 3.83. The fourth-order valence-corrected chi connectivity index (χ4v) is 2.84. The summed E-state index contributed by atoms with van der Waals surface area (Å²) in [5.41, 5.74) is -0.181. The highest BCUT2D eigenvalue weighted by Gasteiger charge is 2.31. The normalized spacial score (nSPS) is 17.6. The van der Waals surface area contributed by atoms with Gasteiger partial charge >= 0.3 is 6.18 Å². The molecule has 0 bridgehead atoms. The number of hydrogen-bond donors (Lipinski definition) is 1. The van der Waals surface area contributed by atoms with E-state index in [2.05, 4.69) is 20.3 Å². The zero-order valence-corrected chi connectivity index (χ0v) is 14.0. The molecule has 2 aromatic rings. The maximum Gasteiger partial charge on any atom is 0.417 e. The van der Waals surface area contributed by atoms with Crippen molar-refractivity contribution in [1.29, 1.82) is 0 Å². The minimum absolute atomic E-state index is 0.161. The summed E-state index contributed by atoms with van der Waals surface area (Å²) in [4.78, 5) is 13.9. The van der Waals surface area contributed by atoms with Crippen LogP contribution in [0.4, 0.5) is 24.7 Å². The zero-order valence-electron chi connectivity index (χ0n) is 13.2. The Morgan fingerprint density at radius 2 is 2.08 bits per heavy atom. The Balaban J connectivity index is 1.67. The third-order valence-corrected chi connectivity index (χ3v) is 4.11. The monoisotopic (exact) mass is 373 g/mol. The minimum atomic E-state index is -4.41. The molecule has 3 rings (SSSR count). The Labute approximate surface area is 147 Å². The van der Waals surface area contributed by atoms with E-state index < -0.39 is 11.7 Å². The number of nitrogens with zero attached hydrogens (tertiary/aromatic N) is 4. The van der Waals surface area contributed by atoms with E-state index in [1.807, 2.05) is 4.90 Å². The van der Waals surface area contributed by atoms with Crippen molar-refractivity contribution >= 4 is 23.1 Å². The highest BCUT2D eigenvalue weighted by Crippen LogP contribution is 2.32. The summed E-state index contributed by atoms with van der Waals surface area (Å²) in [7, 11) is 1.73. The van der Waals surface area contributed by atoms with Crippen LogP contribution in [-0.4, -0.2) is 41.2 Å². The number of ether oxygens (including phenoxy) is 1. The molecule has 2 aromatic heterocycles. The van der Waals surface area contributed by atoms with Crippen molar-refractivity contribution in [2.75, 3.05) is 30.4 Å². The van der Waals surface area contributed by atoms with Gasteiger partial charge < -0.3 is 15.0 Å². The lowest BCUT2D eigenvalue weighted by Gasteiger charge is -2.20. The van der Waals surface area contributed by atoms with Crippen LogP contribution >= 0.6 is 11.6 Å². The number of halogens is 4. The summed E-state index contributed by atoms with van der Waals surface area (Å²) in [6, 6.07) is 2.18. The largest absolute Gasteiger partial charge is 0.472 e. The van der Waals surface area contributed by atoms with Crippen molar-refractivity contribution in [2.45, 2.75) is 18.7 Å². The van der Waals surface area contributed by atoms with Crippen molar-refractivity contribution in [2.24, 2.45) is 0 Å². The third kappa shape index (κ3) is 3.87. The molecule has 1 atom stereocenters. The van der Waals surface area contributed by atoms with Crippen LogP contribution in [0.25, 0.3) is 0 Å². The number of pyridine rings is 1. The van der Waals surface area contributed by atoms with E-state index in [0.29, 0.717) is 36.2 Å². The van der Waals surface area contributed by atoms with Gasteiger partial charge in [-0.25, -0.2) is 15.0 Å². The van der Waals surface area contributed by atoms with E-state index in [-0.39, 0.29) is 12.0 Å². The van der Waals surface area contributed by atoms with Crippen LogP contribution in [0.15, 0.2) is 24.7 Å². The molecule has 1 saturated heterocycles. The predicted molar refractivity (Wildman–Crippen MR) is 87.1 cm³/mol. The second kappa shape index (κ2) is 6.91. The Kier molecular flexibility index (Phi) is 4.85. The molecular formula is C15H15ClF3N5O. The van der Waals surface area contributed by atoms with Gasteiger partial charge in [0.05, 0.1) is 12.1 Å². The standard InChI is InChI=1S/C15H15ClF3N5O/c1-20-12-13(16)22-8-23-14(12)24-5-4-10(7-24)25-11-3-2-9(6-21-11)15(17,18)19/h2-3,6,8,10,20H,4-5,7H2,1H3. The summed E-state index contributed by atoms with van der Waals surface area (Å²) in [5, 5.41) is 3.29. The molecule has 3 heterocycles. The van der Waals surface area contributed by atoms with Crippen LogP contribution in [0.3, 0.4) is 0 Å². The maximum absolute atomic E-state index is 12.6. The molecule has 1 N–H and O–H groups in total. The average molecular weight is 374 g/mol. The topological polar surface area (TPSA) is 63.2 Å². The second-order valence-electron chi connectivity index (χ2n) is 5.47. The first kappa shape index (κ1) is 17.5. The quantitative estimate of drug-likeness (QED) is 0.830. The lowest BCUT2D eigenvalue weighted by Crippen LogP contribution is -2.26. The highest BCUT2D eigenvalue weighted by molar-refractivity contribution is 6.32. The van der Waals surface area contributed by atoms with Crippen LogP contribution in [0, 0.1) is 0 Å². The molecule has 0 spiro atoms. The molecule has 0 aromatic carbocycles. The first-order valence-electron chi connectivity index (χ1n) is 7.51. The molecule has 0 radical (unpaired) electrons. The Hall–Kier alpha value is -2.29. The number of hydrogen-bond acceptors (Lipinski definition) is 6. The van der Waals surface area contributed by atoms with Gasteiger partial charge in [0.1, 0.15) is 18.1 Å². The fraction of sp³-hybridized carbons (Fsp3) is 0.400. The van der Waals surface area contributed by atoms with Gasteiger partial charge in [0.2, 0.25) is 5.88 Å². The van der Waals surface area contributed by atoms with Gasteiger partial charge in [0, 0.05) is 32.3 Å². The van der Waals surface area contributed by atoms with Gasteiger partial charge in [-0.2, -0.15) is 13.2 Å². The zero-order chi connectivity index (χ0) is 18.0. The first-order chi connectivity index (χ1) is 11.9. The van der Waals surface area contributed by atoms with Gasteiger partial charge in [-0.15, -0.1) is 0 Å². The van der Waals surface area contributed by atoms with Gasteiger partial charge in [-0.1, -0.05) is 11.6 Å². The molecule has 1 fully saturated rings. The molecule has 134 valence electrons. The lowest BCUT2D eigenvalue weighted by molar-refractivity contribution is -0.137.